The lowest BCUT2D eigenvalue weighted by atomic mass is 10.0. The lowest BCUT2D eigenvalue weighted by Crippen LogP contribution is -2.05. The van der Waals surface area contributed by atoms with E-state index in [4.69, 9.17) is 15.1 Å². The monoisotopic (exact) mass is 754 g/mol. The molecule has 0 aliphatic rings. The summed E-state index contributed by atoms with van der Waals surface area (Å²) >= 11 is 0. The maximum Gasteiger partial charge on any atom is 0.162 e. The van der Waals surface area contributed by atoms with E-state index < -0.39 is 0 Å². The van der Waals surface area contributed by atoms with E-state index in [1.807, 2.05) is 30.5 Å². The normalized spacial score (nSPS) is 11.7. The fraction of sp³-hybridized carbons (Fsp3) is 0. The van der Waals surface area contributed by atoms with Crippen LogP contribution in [0.5, 0.6) is 0 Å². The SMILES string of the molecule is c1ccc(-c2ccc(-c3cc(-n4c5ccccc5c5cccc(-n6ncc7c6ccc6c8ccccc8n(-c8ccccc8)c67)c54)nc(-c4ccccc4)n3)cc2)cc1. The Balaban J connectivity index is 1.11. The van der Waals surface area contributed by atoms with Crippen LogP contribution in [-0.4, -0.2) is 28.9 Å². The summed E-state index contributed by atoms with van der Waals surface area (Å²) in [5, 5.41) is 10.9. The van der Waals surface area contributed by atoms with Crippen LogP contribution in [0.3, 0.4) is 0 Å². The summed E-state index contributed by atoms with van der Waals surface area (Å²) in [5.74, 6) is 1.44. The van der Waals surface area contributed by atoms with Gasteiger partial charge in [-0.3, -0.25) is 4.57 Å². The van der Waals surface area contributed by atoms with Gasteiger partial charge < -0.3 is 4.57 Å². The van der Waals surface area contributed by atoms with Crippen molar-refractivity contribution in [1.29, 1.82) is 0 Å². The van der Waals surface area contributed by atoms with Gasteiger partial charge in [0.05, 0.1) is 45.2 Å². The highest BCUT2D eigenvalue weighted by Gasteiger charge is 2.22. The third-order valence-corrected chi connectivity index (χ3v) is 11.6. The molecule has 4 aromatic heterocycles. The quantitative estimate of drug-likeness (QED) is 0.170. The predicted octanol–water partition coefficient (Wildman–Crippen LogP) is 13.0. The van der Waals surface area contributed by atoms with Gasteiger partial charge >= 0.3 is 0 Å². The smallest absolute Gasteiger partial charge is 0.162 e. The highest BCUT2D eigenvalue weighted by atomic mass is 15.3. The van der Waals surface area contributed by atoms with Crippen molar-refractivity contribution < 1.29 is 0 Å². The molecule has 12 aromatic rings. The van der Waals surface area contributed by atoms with Crippen molar-refractivity contribution in [3.63, 3.8) is 0 Å². The van der Waals surface area contributed by atoms with E-state index in [1.165, 1.54) is 21.9 Å². The molecule has 0 N–H and O–H groups in total. The molecule has 0 amide bonds. The summed E-state index contributed by atoms with van der Waals surface area (Å²) < 4.78 is 6.77. The number of fused-ring (bicyclic) bond motifs is 8. The third kappa shape index (κ3) is 5.24. The number of hydrogen-bond donors (Lipinski definition) is 0. The molecule has 12 rings (SSSR count). The highest BCUT2D eigenvalue weighted by Crippen LogP contribution is 2.40. The molecule has 0 saturated carbocycles. The first-order valence-corrected chi connectivity index (χ1v) is 19.9. The lowest BCUT2D eigenvalue weighted by molar-refractivity contribution is 0.910. The molecule has 0 unspecified atom stereocenters. The van der Waals surface area contributed by atoms with Crippen LogP contribution in [0.15, 0.2) is 206 Å². The summed E-state index contributed by atoms with van der Waals surface area (Å²) in [7, 11) is 0. The van der Waals surface area contributed by atoms with E-state index in [1.54, 1.807) is 0 Å². The summed E-state index contributed by atoms with van der Waals surface area (Å²) in [4.78, 5) is 10.5. The average molecular weight is 755 g/mol. The Labute approximate surface area is 339 Å². The van der Waals surface area contributed by atoms with E-state index in [9.17, 15) is 0 Å². The van der Waals surface area contributed by atoms with Crippen LogP contribution in [0.1, 0.15) is 0 Å². The van der Waals surface area contributed by atoms with Gasteiger partial charge in [0.25, 0.3) is 0 Å². The van der Waals surface area contributed by atoms with Gasteiger partial charge in [0.1, 0.15) is 5.82 Å². The van der Waals surface area contributed by atoms with Gasteiger partial charge in [-0.2, -0.15) is 5.10 Å². The van der Waals surface area contributed by atoms with Crippen molar-refractivity contribution in [2.45, 2.75) is 0 Å². The second-order valence-electron chi connectivity index (χ2n) is 14.9. The van der Waals surface area contributed by atoms with Gasteiger partial charge in [0, 0.05) is 49.8 Å². The van der Waals surface area contributed by atoms with Gasteiger partial charge in [0.15, 0.2) is 5.82 Å². The van der Waals surface area contributed by atoms with E-state index in [-0.39, 0.29) is 0 Å². The molecule has 276 valence electrons. The molecule has 4 heterocycles. The van der Waals surface area contributed by atoms with Crippen molar-refractivity contribution in [2.24, 2.45) is 0 Å². The second kappa shape index (κ2) is 13.3. The van der Waals surface area contributed by atoms with Crippen LogP contribution in [0.25, 0.3) is 105 Å². The average Bonchev–Trinajstić information content (AvgIpc) is 4.00. The molecule has 59 heavy (non-hydrogen) atoms. The molecule has 0 atom stereocenters. The van der Waals surface area contributed by atoms with Gasteiger partial charge in [0.2, 0.25) is 0 Å². The lowest BCUT2D eigenvalue weighted by Gasteiger charge is -2.14. The Bertz CT molecular complexity index is 3530. The number of nitrogens with zero attached hydrogens (tertiary/aromatic N) is 6. The maximum absolute atomic E-state index is 5.35. The molecular weight excluding hydrogens is 721 g/mol. The topological polar surface area (TPSA) is 53.5 Å². The van der Waals surface area contributed by atoms with E-state index in [0.717, 1.165) is 77.8 Å². The first-order chi connectivity index (χ1) is 29.3. The molecule has 0 aliphatic carbocycles. The minimum atomic E-state index is 0.661. The van der Waals surface area contributed by atoms with Crippen LogP contribution in [0, 0.1) is 0 Å². The molecule has 6 heteroatoms. The Hall–Kier alpha value is -8.09. The van der Waals surface area contributed by atoms with Crippen LogP contribution >= 0.6 is 0 Å². The van der Waals surface area contributed by atoms with Crippen LogP contribution < -0.4 is 0 Å². The predicted molar refractivity (Wildman–Crippen MR) is 242 cm³/mol. The van der Waals surface area contributed by atoms with Gasteiger partial charge in [-0.05, 0) is 53.6 Å². The number of aromatic nitrogens is 6. The maximum atomic E-state index is 5.35. The van der Waals surface area contributed by atoms with Crippen molar-refractivity contribution in [3.8, 4) is 51.0 Å². The summed E-state index contributed by atoms with van der Waals surface area (Å²) in [6.45, 7) is 0. The zero-order valence-corrected chi connectivity index (χ0v) is 31.8. The fourth-order valence-electron chi connectivity index (χ4n) is 8.89. The second-order valence-corrected chi connectivity index (χ2v) is 14.9. The largest absolute Gasteiger partial charge is 0.309 e. The first kappa shape index (κ1) is 33.1. The number of benzene rings is 8. The molecular formula is C53H34N6. The summed E-state index contributed by atoms with van der Waals surface area (Å²) in [6, 6.07) is 70.3. The van der Waals surface area contributed by atoms with Crippen LogP contribution in [0.4, 0.5) is 0 Å². The fourth-order valence-corrected chi connectivity index (χ4v) is 8.89. The molecule has 0 bridgehead atoms. The molecule has 0 fully saturated rings. The Morgan fingerprint density at radius 2 is 0.932 bits per heavy atom. The Kier molecular flexibility index (Phi) is 7.43. The zero-order valence-electron chi connectivity index (χ0n) is 31.8. The number of para-hydroxylation sites is 4. The van der Waals surface area contributed by atoms with Crippen molar-refractivity contribution in [3.05, 3.63) is 206 Å². The molecule has 8 aromatic carbocycles. The summed E-state index contributed by atoms with van der Waals surface area (Å²) in [5.41, 5.74) is 12.6. The van der Waals surface area contributed by atoms with E-state index >= 15 is 0 Å². The minimum absolute atomic E-state index is 0.661. The van der Waals surface area contributed by atoms with Crippen LogP contribution in [-0.2, 0) is 0 Å². The number of hydrogen-bond acceptors (Lipinski definition) is 3. The van der Waals surface area contributed by atoms with Gasteiger partial charge in [-0.1, -0.05) is 152 Å². The molecule has 0 saturated heterocycles. The first-order valence-electron chi connectivity index (χ1n) is 19.9. The van der Waals surface area contributed by atoms with Gasteiger partial charge in [-0.15, -0.1) is 0 Å². The van der Waals surface area contributed by atoms with E-state index in [0.29, 0.717) is 5.82 Å². The Morgan fingerprint density at radius 1 is 0.356 bits per heavy atom. The Morgan fingerprint density at radius 3 is 1.66 bits per heavy atom. The molecule has 0 aliphatic heterocycles. The van der Waals surface area contributed by atoms with Crippen LogP contribution in [0.2, 0.25) is 0 Å². The zero-order chi connectivity index (χ0) is 38.9. The van der Waals surface area contributed by atoms with Gasteiger partial charge in [-0.25, -0.2) is 14.6 Å². The highest BCUT2D eigenvalue weighted by molar-refractivity contribution is 6.19. The molecule has 0 radical (unpaired) electrons. The van der Waals surface area contributed by atoms with E-state index in [2.05, 4.69) is 190 Å². The van der Waals surface area contributed by atoms with Crippen molar-refractivity contribution in [1.82, 2.24) is 28.9 Å². The molecule has 0 spiro atoms. The van der Waals surface area contributed by atoms with Crippen molar-refractivity contribution >= 4 is 54.5 Å². The minimum Gasteiger partial charge on any atom is -0.309 e. The summed E-state index contributed by atoms with van der Waals surface area (Å²) in [6.07, 6.45) is 2.03. The van der Waals surface area contributed by atoms with Crippen molar-refractivity contribution in [2.75, 3.05) is 0 Å². The standard InChI is InChI=1S/C53H34N6/c1-4-15-35(16-5-1)36-27-29-37(30-28-36)45-33-50(56-53(55-45)38-17-6-2-7-18-38)58-47-25-13-11-21-40(47)42-23-14-26-49(52(42)58)59-48-32-31-43-41-22-10-12-24-46(41)57(39-19-8-3-9-20-39)51(43)44(48)34-54-59/h1-34H. The third-order valence-electron chi connectivity index (χ3n) is 11.6. The number of rotatable bonds is 6. The molecule has 6 nitrogen and oxygen atoms in total.